The number of phenols is 1. The molecule has 0 saturated carbocycles. The number of hydrogen-bond acceptors (Lipinski definition) is 4. The average Bonchev–Trinajstić information content (AvgIpc) is 3.51. The van der Waals surface area contributed by atoms with E-state index in [0.29, 0.717) is 17.5 Å². The Labute approximate surface area is 234 Å². The molecule has 0 saturated heterocycles. The summed E-state index contributed by atoms with van der Waals surface area (Å²) in [5.41, 5.74) is 8.19. The van der Waals surface area contributed by atoms with E-state index in [1.165, 1.54) is 16.8 Å². The Kier molecular flexibility index (Phi) is 7.94. The predicted octanol–water partition coefficient (Wildman–Crippen LogP) is 7.51. The van der Waals surface area contributed by atoms with Gasteiger partial charge in [0.25, 0.3) is 0 Å². The van der Waals surface area contributed by atoms with Crippen LogP contribution in [0.15, 0.2) is 79.1 Å². The van der Waals surface area contributed by atoms with E-state index in [9.17, 15) is 5.11 Å². The Hall–Kier alpha value is -3.30. The number of anilines is 2. The summed E-state index contributed by atoms with van der Waals surface area (Å²) >= 11 is 0. The molecule has 0 fully saturated rings. The Balaban J connectivity index is 0.00000320. The van der Waals surface area contributed by atoms with Gasteiger partial charge in [-0.05, 0) is 54.4 Å². The van der Waals surface area contributed by atoms with Crippen molar-refractivity contribution in [2.45, 2.75) is 46.5 Å². The van der Waals surface area contributed by atoms with Gasteiger partial charge in [0, 0.05) is 17.1 Å². The maximum absolute atomic E-state index is 10.3. The van der Waals surface area contributed by atoms with Gasteiger partial charge in [-0.3, -0.25) is 0 Å². The van der Waals surface area contributed by atoms with Crippen molar-refractivity contribution in [3.8, 4) is 22.7 Å². The summed E-state index contributed by atoms with van der Waals surface area (Å²) in [6.07, 6.45) is 4.19. The number of hydrogen-bond donors (Lipinski definition) is 1. The van der Waals surface area contributed by atoms with Crippen molar-refractivity contribution in [3.63, 3.8) is 0 Å². The molecule has 4 aromatic rings. The van der Waals surface area contributed by atoms with Crippen LogP contribution in [0.5, 0.6) is 5.75 Å². The van der Waals surface area contributed by atoms with Gasteiger partial charge in [0.15, 0.2) is 0 Å². The summed E-state index contributed by atoms with van der Waals surface area (Å²) < 4.78 is 1.77. The molecule has 6 heteroatoms. The first-order valence-corrected chi connectivity index (χ1v) is 12.4. The first-order valence-electron chi connectivity index (χ1n) is 12.4. The Morgan fingerprint density at radius 1 is 0.838 bits per heavy atom. The average molecular weight is 672 g/mol. The number of aryl methyl sites for hydroxylation is 1. The van der Waals surface area contributed by atoms with Crippen molar-refractivity contribution in [2.24, 2.45) is 0 Å². The largest absolute Gasteiger partial charge is 2.00 e. The van der Waals surface area contributed by atoms with Gasteiger partial charge in [0.2, 0.25) is 0 Å². The van der Waals surface area contributed by atoms with Gasteiger partial charge in [0.1, 0.15) is 11.4 Å². The molecule has 0 amide bonds. The van der Waals surface area contributed by atoms with Crippen molar-refractivity contribution in [3.05, 3.63) is 109 Å². The fourth-order valence-electron chi connectivity index (χ4n) is 4.69. The number of para-hydroxylation sites is 3. The van der Waals surface area contributed by atoms with Gasteiger partial charge < -0.3 is 14.9 Å². The molecule has 2 heterocycles. The summed E-state index contributed by atoms with van der Waals surface area (Å²) in [4.78, 5) is 4.32. The van der Waals surface area contributed by atoms with Gasteiger partial charge in [-0.25, -0.2) is 9.78 Å². The van der Waals surface area contributed by atoms with Crippen molar-refractivity contribution >= 4 is 11.4 Å². The first-order chi connectivity index (χ1) is 17.3. The van der Waals surface area contributed by atoms with Crippen LogP contribution >= 0.6 is 0 Å². The van der Waals surface area contributed by atoms with Crippen molar-refractivity contribution < 1.29 is 26.2 Å². The number of phenolic OH excluding ortho intramolecular Hbond substituents is 1. The number of aromatic hydroxyl groups is 1. The zero-order valence-corrected chi connectivity index (χ0v) is 24.1. The zero-order chi connectivity index (χ0) is 25.4. The molecule has 0 atom stereocenters. The number of nitrogens with zero attached hydrogens (tertiary/aromatic N) is 4. The minimum atomic E-state index is 0. The second-order valence-corrected chi connectivity index (χ2v) is 9.84. The third-order valence-electron chi connectivity index (χ3n) is 6.57. The fourth-order valence-corrected chi connectivity index (χ4v) is 4.69. The summed E-state index contributed by atoms with van der Waals surface area (Å²) in [5, 5.41) is 15.1. The smallest absolute Gasteiger partial charge is 0.506 e. The van der Waals surface area contributed by atoms with Crippen LogP contribution in [0.3, 0.4) is 0 Å². The van der Waals surface area contributed by atoms with Gasteiger partial charge in [0.05, 0.1) is 0 Å². The molecule has 5 rings (SSSR count). The molecule has 1 N–H and O–H groups in total. The minimum Gasteiger partial charge on any atom is -0.506 e. The van der Waals surface area contributed by atoms with Crippen LogP contribution in [0.2, 0.25) is 0 Å². The minimum absolute atomic E-state index is 0. The van der Waals surface area contributed by atoms with E-state index in [1.54, 1.807) is 10.7 Å². The van der Waals surface area contributed by atoms with Crippen LogP contribution in [0.1, 0.15) is 56.4 Å². The quantitative estimate of drug-likeness (QED) is 0.216. The predicted molar refractivity (Wildman–Crippen MR) is 147 cm³/mol. The van der Waals surface area contributed by atoms with E-state index in [-0.39, 0.29) is 26.8 Å². The SMILES string of the molecule is Cc1cc(-c2[c-]c(N3C=CN(c4c(C(C)C)cccc4C(C)C)[CH-]3)ccc2)nn1-c1ccccc1O.[Pt+2]. The van der Waals surface area contributed by atoms with Crippen LogP contribution in [0.4, 0.5) is 11.4 Å². The van der Waals surface area contributed by atoms with Crippen LogP contribution in [0.25, 0.3) is 16.9 Å². The monoisotopic (exact) mass is 671 g/mol. The summed E-state index contributed by atoms with van der Waals surface area (Å²) in [5.74, 6) is 1.05. The molecule has 0 bridgehead atoms. The van der Waals surface area contributed by atoms with Crippen LogP contribution in [-0.4, -0.2) is 14.9 Å². The van der Waals surface area contributed by atoms with E-state index in [1.807, 2.05) is 43.3 Å². The molecule has 1 aromatic heterocycles. The molecule has 1 aliphatic heterocycles. The molecule has 0 radical (unpaired) electrons. The van der Waals surface area contributed by atoms with Crippen molar-refractivity contribution in [1.82, 2.24) is 9.78 Å². The normalized spacial score (nSPS) is 13.1. The van der Waals surface area contributed by atoms with E-state index in [2.05, 4.69) is 86.9 Å². The number of benzene rings is 3. The van der Waals surface area contributed by atoms with Gasteiger partial charge in [-0.15, -0.1) is 36.5 Å². The first kappa shape index (κ1) is 26.8. The maximum atomic E-state index is 10.3. The Bertz CT molecular complexity index is 1400. The van der Waals surface area contributed by atoms with Crippen molar-refractivity contribution in [1.29, 1.82) is 0 Å². The molecule has 3 aromatic carbocycles. The fraction of sp³-hybridized carbons (Fsp3) is 0.226. The summed E-state index contributed by atoms with van der Waals surface area (Å²) in [6.45, 7) is 13.1. The molecule has 0 spiro atoms. The molecule has 192 valence electrons. The number of aromatic nitrogens is 2. The molecular weight excluding hydrogens is 639 g/mol. The Morgan fingerprint density at radius 3 is 2.16 bits per heavy atom. The van der Waals surface area contributed by atoms with E-state index < -0.39 is 0 Å². The van der Waals surface area contributed by atoms with E-state index >= 15 is 0 Å². The maximum Gasteiger partial charge on any atom is 2.00 e. The molecule has 37 heavy (non-hydrogen) atoms. The van der Waals surface area contributed by atoms with Crippen LogP contribution in [-0.2, 0) is 21.1 Å². The zero-order valence-electron chi connectivity index (χ0n) is 21.8. The molecule has 0 aliphatic carbocycles. The third kappa shape index (κ3) is 5.24. The summed E-state index contributed by atoms with van der Waals surface area (Å²) in [7, 11) is 0. The van der Waals surface area contributed by atoms with Crippen LogP contribution in [0, 0.1) is 19.7 Å². The topological polar surface area (TPSA) is 44.5 Å². The molecule has 5 nitrogen and oxygen atoms in total. The van der Waals surface area contributed by atoms with E-state index in [4.69, 9.17) is 5.10 Å². The van der Waals surface area contributed by atoms with Gasteiger partial charge in [-0.1, -0.05) is 69.8 Å². The Morgan fingerprint density at radius 2 is 1.49 bits per heavy atom. The number of rotatable bonds is 6. The standard InChI is InChI=1S/C31H32N4O.Pt/c1-21(2)26-12-9-13-27(22(3)4)31(26)34-17-16-33(20-34)25-11-8-10-24(19-25)28-18-23(5)35(32-28)29-14-6-7-15-30(29)36;/h6-18,20-22,36H,1-5H3;/q-2;+2. The van der Waals surface area contributed by atoms with Gasteiger partial charge in [-0.2, -0.15) is 0 Å². The van der Waals surface area contributed by atoms with Gasteiger partial charge >= 0.3 is 21.1 Å². The molecular formula is C31H32N4OPt. The molecule has 0 unspecified atom stereocenters. The summed E-state index contributed by atoms with van der Waals surface area (Å²) in [6, 6.07) is 25.5. The third-order valence-corrected chi connectivity index (χ3v) is 6.57. The second kappa shape index (κ2) is 11.0. The van der Waals surface area contributed by atoms with Crippen molar-refractivity contribution in [2.75, 3.05) is 9.80 Å². The molecule has 1 aliphatic rings. The van der Waals surface area contributed by atoms with E-state index in [0.717, 1.165) is 22.6 Å². The second-order valence-electron chi connectivity index (χ2n) is 9.84. The van der Waals surface area contributed by atoms with Crippen LogP contribution < -0.4 is 9.80 Å².